The zero-order valence-electron chi connectivity index (χ0n) is 19.7. The van der Waals surface area contributed by atoms with Crippen molar-refractivity contribution in [2.75, 3.05) is 32.8 Å². The fourth-order valence-corrected chi connectivity index (χ4v) is 4.81. The number of likely N-dealkylation sites (N-methyl/N-ethyl adjacent to an activating group) is 1. The van der Waals surface area contributed by atoms with Crippen LogP contribution >= 0.6 is 0 Å². The number of ether oxygens (including phenoxy) is 1. The van der Waals surface area contributed by atoms with Crippen LogP contribution in [0.5, 0.6) is 0 Å². The van der Waals surface area contributed by atoms with Crippen molar-refractivity contribution >= 4 is 22.8 Å². The fraction of sp³-hybridized carbons (Fsp3) is 0.346. The van der Waals surface area contributed by atoms with Gasteiger partial charge in [0.2, 0.25) is 0 Å². The van der Waals surface area contributed by atoms with Crippen molar-refractivity contribution in [3.8, 4) is 0 Å². The van der Waals surface area contributed by atoms with Crippen LogP contribution in [0.15, 0.2) is 65.6 Å². The van der Waals surface area contributed by atoms with E-state index in [2.05, 4.69) is 44.5 Å². The van der Waals surface area contributed by atoms with Crippen LogP contribution in [-0.2, 0) is 23.4 Å². The molecule has 0 aliphatic carbocycles. The Balaban J connectivity index is 1.49. The molecule has 1 unspecified atom stereocenters. The van der Waals surface area contributed by atoms with Crippen LogP contribution in [-0.4, -0.2) is 58.9 Å². The molecule has 2 aliphatic heterocycles. The van der Waals surface area contributed by atoms with Crippen molar-refractivity contribution in [3.05, 3.63) is 87.4 Å². The molecule has 1 N–H and O–H groups in total. The van der Waals surface area contributed by atoms with Gasteiger partial charge >= 0.3 is 0 Å². The van der Waals surface area contributed by atoms with E-state index in [1.165, 1.54) is 23.5 Å². The van der Waals surface area contributed by atoms with E-state index >= 15 is 0 Å². The lowest BCUT2D eigenvalue weighted by Crippen LogP contribution is -2.38. The molecule has 0 radical (unpaired) electrons. The van der Waals surface area contributed by atoms with Gasteiger partial charge in [0.25, 0.3) is 5.69 Å². The molecule has 1 fully saturated rings. The molecule has 180 valence electrons. The van der Waals surface area contributed by atoms with E-state index in [0.29, 0.717) is 29.4 Å². The van der Waals surface area contributed by atoms with Crippen LogP contribution in [0, 0.1) is 10.1 Å². The summed E-state index contributed by atoms with van der Waals surface area (Å²) in [5.41, 5.74) is 3.61. The lowest BCUT2D eigenvalue weighted by Gasteiger charge is -2.27. The number of nitro groups is 1. The average molecular weight is 473 g/mol. The first-order chi connectivity index (χ1) is 17.1. The molecule has 5 rings (SSSR count). The van der Waals surface area contributed by atoms with Crippen LogP contribution in [0.4, 0.5) is 5.69 Å². The molecular formula is C26H28N6O3. The Hall–Kier alpha value is -3.53. The van der Waals surface area contributed by atoms with Gasteiger partial charge in [0.05, 0.1) is 29.2 Å². The van der Waals surface area contributed by atoms with Gasteiger partial charge in [-0.15, -0.1) is 0 Å². The van der Waals surface area contributed by atoms with E-state index in [0.717, 1.165) is 38.4 Å². The van der Waals surface area contributed by atoms with Crippen molar-refractivity contribution in [1.82, 2.24) is 20.2 Å². The van der Waals surface area contributed by atoms with Crippen LogP contribution in [0.25, 0.3) is 10.9 Å². The molecule has 2 aliphatic rings. The lowest BCUT2D eigenvalue weighted by atomic mass is 9.93. The number of allylic oxidation sites excluding steroid dienone is 1. The Bertz CT molecular complexity index is 1300. The maximum atomic E-state index is 12.0. The highest BCUT2D eigenvalue weighted by Gasteiger charge is 2.38. The van der Waals surface area contributed by atoms with Crippen LogP contribution in [0.3, 0.4) is 0 Å². The van der Waals surface area contributed by atoms with Gasteiger partial charge in [-0.3, -0.25) is 25.3 Å². The molecule has 9 nitrogen and oxygen atoms in total. The van der Waals surface area contributed by atoms with Crippen LogP contribution in [0.2, 0.25) is 0 Å². The number of benzene rings is 2. The lowest BCUT2D eigenvalue weighted by molar-refractivity contribution is -0.385. The second-order valence-corrected chi connectivity index (χ2v) is 8.82. The number of nitrogens with one attached hydrogen (secondary N) is 1. The van der Waals surface area contributed by atoms with E-state index in [1.54, 1.807) is 12.3 Å². The molecule has 35 heavy (non-hydrogen) atoms. The minimum Gasteiger partial charge on any atom is -0.379 e. The Morgan fingerprint density at radius 3 is 2.77 bits per heavy atom. The third-order valence-electron chi connectivity index (χ3n) is 6.51. The molecular weight excluding hydrogens is 444 g/mol. The van der Waals surface area contributed by atoms with E-state index in [9.17, 15) is 10.1 Å². The van der Waals surface area contributed by atoms with E-state index in [4.69, 9.17) is 9.73 Å². The molecule has 0 amide bonds. The summed E-state index contributed by atoms with van der Waals surface area (Å²) in [6.45, 7) is 6.82. The summed E-state index contributed by atoms with van der Waals surface area (Å²) in [4.78, 5) is 27.2. The third-order valence-corrected chi connectivity index (χ3v) is 6.51. The first-order valence-electron chi connectivity index (χ1n) is 11.9. The summed E-state index contributed by atoms with van der Waals surface area (Å²) in [5, 5.41) is 16.0. The Kier molecular flexibility index (Phi) is 6.63. The maximum Gasteiger partial charge on any atom is 0.277 e. The number of hydrogen-bond acceptors (Lipinski definition) is 8. The van der Waals surface area contributed by atoms with Gasteiger partial charge in [0, 0.05) is 43.5 Å². The topological polar surface area (TPSA) is 106 Å². The standard InChI is InChI=1S/C26H28N6O3/c1-2-29-26(23-13-24-22(16-27-18-28-24)12-25(23)32(33)34)14-19(15-30-26)11-20-5-3-4-6-21(20)17-31-7-9-35-10-8-31/h3-6,12-16,18,29H,2,7-11,17H2,1H3. The quantitative estimate of drug-likeness (QED) is 0.396. The van der Waals surface area contributed by atoms with Gasteiger partial charge in [0.15, 0.2) is 5.66 Å². The van der Waals surface area contributed by atoms with Crippen molar-refractivity contribution < 1.29 is 9.66 Å². The molecule has 0 bridgehead atoms. The number of aromatic nitrogens is 2. The van der Waals surface area contributed by atoms with Gasteiger partial charge in [-0.1, -0.05) is 31.2 Å². The molecule has 1 atom stereocenters. The average Bonchev–Trinajstić information content (AvgIpc) is 3.28. The minimum absolute atomic E-state index is 0.00406. The van der Waals surface area contributed by atoms with Crippen molar-refractivity contribution in [2.24, 2.45) is 4.99 Å². The number of morpholine rings is 1. The number of hydrogen-bond donors (Lipinski definition) is 1. The number of nitrogens with zero attached hydrogens (tertiary/aromatic N) is 5. The minimum atomic E-state index is -1.02. The zero-order valence-corrected chi connectivity index (χ0v) is 19.7. The molecule has 1 saturated heterocycles. The second kappa shape index (κ2) is 9.99. The zero-order chi connectivity index (χ0) is 24.3. The Morgan fingerprint density at radius 2 is 2.00 bits per heavy atom. The fourth-order valence-electron chi connectivity index (χ4n) is 4.81. The summed E-state index contributed by atoms with van der Waals surface area (Å²) < 4.78 is 5.49. The summed E-state index contributed by atoms with van der Waals surface area (Å²) in [7, 11) is 0. The van der Waals surface area contributed by atoms with Crippen molar-refractivity contribution in [2.45, 2.75) is 25.6 Å². The van der Waals surface area contributed by atoms with Gasteiger partial charge in [-0.05, 0) is 41.8 Å². The predicted molar refractivity (Wildman–Crippen MR) is 134 cm³/mol. The Morgan fingerprint density at radius 1 is 1.20 bits per heavy atom. The molecule has 0 spiro atoms. The summed E-state index contributed by atoms with van der Waals surface area (Å²) in [5.74, 6) is 0. The largest absolute Gasteiger partial charge is 0.379 e. The summed E-state index contributed by atoms with van der Waals surface area (Å²) in [6.07, 6.45) is 7.58. The highest BCUT2D eigenvalue weighted by atomic mass is 16.6. The van der Waals surface area contributed by atoms with Crippen molar-refractivity contribution in [1.29, 1.82) is 0 Å². The number of nitro benzene ring substituents is 1. The molecule has 1 aromatic heterocycles. The Labute approximate surface area is 203 Å². The van der Waals surface area contributed by atoms with Crippen LogP contribution < -0.4 is 5.32 Å². The second-order valence-electron chi connectivity index (χ2n) is 8.82. The first kappa shape index (κ1) is 23.2. The molecule has 9 heteroatoms. The smallest absolute Gasteiger partial charge is 0.277 e. The third kappa shape index (κ3) is 4.84. The number of rotatable bonds is 8. The number of fused-ring (bicyclic) bond motifs is 1. The van der Waals surface area contributed by atoms with Gasteiger partial charge in [-0.2, -0.15) is 0 Å². The predicted octanol–water partition coefficient (Wildman–Crippen LogP) is 3.39. The first-order valence-corrected chi connectivity index (χ1v) is 11.9. The highest BCUT2D eigenvalue weighted by Crippen LogP contribution is 2.38. The molecule has 2 aromatic carbocycles. The monoisotopic (exact) mass is 472 g/mol. The SMILES string of the molecule is CCNC1(c2cc3ncncc3cc2[N+](=O)[O-])C=C(Cc2ccccc2CN2CCOCC2)C=N1. The number of aliphatic imine (C=N–C) groups is 1. The highest BCUT2D eigenvalue weighted by molar-refractivity contribution is 5.86. The maximum absolute atomic E-state index is 12.0. The summed E-state index contributed by atoms with van der Waals surface area (Å²) >= 11 is 0. The van der Waals surface area contributed by atoms with Gasteiger partial charge in [-0.25, -0.2) is 9.97 Å². The van der Waals surface area contributed by atoms with Crippen LogP contribution in [0.1, 0.15) is 23.6 Å². The van der Waals surface area contributed by atoms with Gasteiger partial charge in [0.1, 0.15) is 6.33 Å². The molecule has 0 saturated carbocycles. The normalized spacial score (nSPS) is 20.3. The summed E-state index contributed by atoms with van der Waals surface area (Å²) in [6, 6.07) is 11.7. The van der Waals surface area contributed by atoms with Gasteiger partial charge < -0.3 is 4.74 Å². The van der Waals surface area contributed by atoms with E-state index < -0.39 is 5.66 Å². The molecule has 3 heterocycles. The van der Waals surface area contributed by atoms with Crippen molar-refractivity contribution in [3.63, 3.8) is 0 Å². The van der Waals surface area contributed by atoms with E-state index in [-0.39, 0.29) is 10.6 Å². The molecule has 3 aromatic rings. The van der Waals surface area contributed by atoms with E-state index in [1.807, 2.05) is 19.2 Å².